The van der Waals surface area contributed by atoms with Crippen molar-refractivity contribution in [3.05, 3.63) is 121 Å². The van der Waals surface area contributed by atoms with Gasteiger partial charge in [-0.3, -0.25) is 4.79 Å². The number of aromatic hydroxyl groups is 1. The summed E-state index contributed by atoms with van der Waals surface area (Å²) in [4.78, 5) is 36.2. The van der Waals surface area contributed by atoms with Crippen LogP contribution in [0.1, 0.15) is 85.8 Å². The fourth-order valence-corrected chi connectivity index (χ4v) is 10.9. The molecule has 4 heterocycles. The second-order valence-corrected chi connectivity index (χ2v) is 24.2. The van der Waals surface area contributed by atoms with E-state index < -0.39 is 19.9 Å². The number of aryl methyl sites for hydroxylation is 1. The first-order valence-corrected chi connectivity index (χ1v) is 25.7. The lowest BCUT2D eigenvalue weighted by atomic mass is 9.90. The van der Waals surface area contributed by atoms with Gasteiger partial charge < -0.3 is 39.1 Å². The third kappa shape index (κ3) is 10.1. The van der Waals surface area contributed by atoms with Gasteiger partial charge in [-0.15, -0.1) is 22.7 Å². The molecule has 0 radical (unpaired) electrons. The molecular weight excluding hydrogens is 827 g/mol. The van der Waals surface area contributed by atoms with Crippen molar-refractivity contribution < 1.29 is 28.7 Å². The number of aromatic nitrogens is 3. The Balaban J connectivity index is 0.895. The molecule has 4 N–H and O–H groups in total. The summed E-state index contributed by atoms with van der Waals surface area (Å²) in [5.74, 6) is 0.226. The number of H-pyrrole nitrogens is 1. The largest absolute Gasteiger partial charge is 0.506 e. The number of phenolic OH excluding ortho intramolecular Hbond substituents is 1. The Morgan fingerprint density at radius 3 is 2.31 bits per heavy atom. The van der Waals surface area contributed by atoms with Crippen LogP contribution in [-0.4, -0.2) is 76.8 Å². The molecule has 324 valence electrons. The fourth-order valence-electron chi connectivity index (χ4n) is 7.85. The predicted molar refractivity (Wildman–Crippen MR) is 244 cm³/mol. The Kier molecular flexibility index (Phi) is 13.8. The summed E-state index contributed by atoms with van der Waals surface area (Å²) >= 11 is 2.84. The highest BCUT2D eigenvalue weighted by Crippen LogP contribution is 2.43. The number of ether oxygens (including phenoxy) is 1. The molecule has 2 aromatic carbocycles. The van der Waals surface area contributed by atoms with Crippen molar-refractivity contribution in [2.24, 2.45) is 0 Å². The van der Waals surface area contributed by atoms with Gasteiger partial charge in [-0.2, -0.15) is 4.98 Å². The third-order valence-corrected chi connectivity index (χ3v) is 18.8. The van der Waals surface area contributed by atoms with Crippen molar-refractivity contribution in [2.75, 3.05) is 20.1 Å². The number of fused-ring (bicyclic) bond motifs is 1. The second-order valence-electron chi connectivity index (χ2n) is 17.6. The smallest absolute Gasteiger partial charge is 0.347 e. The van der Waals surface area contributed by atoms with Crippen LogP contribution < -0.4 is 10.9 Å². The maximum Gasteiger partial charge on any atom is 0.347 e. The molecule has 12 nitrogen and oxygen atoms in total. The molecule has 0 unspecified atom stereocenters. The van der Waals surface area contributed by atoms with E-state index in [0.717, 1.165) is 60.7 Å². The molecule has 61 heavy (non-hydrogen) atoms. The molecule has 0 spiro atoms. The van der Waals surface area contributed by atoms with Crippen molar-refractivity contribution in [1.82, 2.24) is 25.3 Å². The Morgan fingerprint density at radius 1 is 1.00 bits per heavy atom. The first kappa shape index (κ1) is 44.6. The Bertz CT molecular complexity index is 2380. The summed E-state index contributed by atoms with van der Waals surface area (Å²) in [6.45, 7) is 13.1. The Morgan fingerprint density at radius 2 is 1.69 bits per heavy atom. The minimum atomic E-state index is -2.20. The number of nitrogens with zero attached hydrogens (tertiary/aromatic N) is 3. The standard InChI is InChI=1S/C46H57N5O7S2Si/c1-45(2,3)61(5,6)58-37(34-21-23-36(52)42-35(34)22-24-40(53)48-42)29-47-28-30-13-15-31(16-14-30)43-49-41(57-50-43)12-7-25-51(4)32-17-19-33(20-18-32)56-46(44(54)55,38-10-8-26-59-38)39-11-9-27-60-39/h8-11,13-16,21-24,26-27,32-33,37,47,52H,7,12,17-20,25,28-29H2,1-6H3,(H,48,53)(H,54,55)/t32?,33?,37-/m0/s1. The van der Waals surface area contributed by atoms with Crippen LogP contribution >= 0.6 is 22.7 Å². The second kappa shape index (κ2) is 18.9. The molecule has 0 bridgehead atoms. The highest BCUT2D eigenvalue weighted by atomic mass is 32.1. The van der Waals surface area contributed by atoms with E-state index in [1.54, 1.807) is 12.1 Å². The number of thiophene rings is 2. The van der Waals surface area contributed by atoms with E-state index in [2.05, 4.69) is 73.4 Å². The van der Waals surface area contributed by atoms with Crippen LogP contribution in [0.25, 0.3) is 22.3 Å². The summed E-state index contributed by atoms with van der Waals surface area (Å²) in [6.07, 6.45) is 4.57. The van der Waals surface area contributed by atoms with Gasteiger partial charge >= 0.3 is 5.97 Å². The number of carboxylic acid groups (broad SMARTS) is 1. The molecule has 6 aromatic rings. The molecule has 0 amide bonds. The van der Waals surface area contributed by atoms with Gasteiger partial charge in [-0.1, -0.05) is 68.4 Å². The van der Waals surface area contributed by atoms with Crippen LogP contribution in [0.3, 0.4) is 0 Å². The van der Waals surface area contributed by atoms with Gasteiger partial charge in [0.2, 0.25) is 22.9 Å². The van der Waals surface area contributed by atoms with Crippen LogP contribution in [0.5, 0.6) is 5.75 Å². The Labute approximate surface area is 366 Å². The van der Waals surface area contributed by atoms with E-state index in [4.69, 9.17) is 18.7 Å². The number of carboxylic acids is 1. The van der Waals surface area contributed by atoms with Crippen molar-refractivity contribution in [1.29, 1.82) is 0 Å². The van der Waals surface area contributed by atoms with Crippen molar-refractivity contribution in [3.63, 3.8) is 0 Å². The van der Waals surface area contributed by atoms with Crippen molar-refractivity contribution in [3.8, 4) is 17.1 Å². The van der Waals surface area contributed by atoms with Gasteiger partial charge in [0.05, 0.1) is 27.5 Å². The molecule has 4 aromatic heterocycles. The predicted octanol–water partition coefficient (Wildman–Crippen LogP) is 9.48. The van der Waals surface area contributed by atoms with Crippen LogP contribution in [0.4, 0.5) is 0 Å². The topological polar surface area (TPSA) is 163 Å². The average Bonchev–Trinajstić information content (AvgIpc) is 4.05. The lowest BCUT2D eigenvalue weighted by molar-refractivity contribution is -0.170. The highest BCUT2D eigenvalue weighted by Gasteiger charge is 2.48. The Hall–Kier alpha value is -4.48. The summed E-state index contributed by atoms with van der Waals surface area (Å²) < 4.78 is 19.2. The first-order chi connectivity index (χ1) is 29.1. The van der Waals surface area contributed by atoms with Gasteiger partial charge in [0.1, 0.15) is 5.75 Å². The molecule has 15 heteroatoms. The zero-order valence-corrected chi connectivity index (χ0v) is 38.4. The molecule has 0 saturated heterocycles. The monoisotopic (exact) mass is 883 g/mol. The van der Waals surface area contributed by atoms with Crippen LogP contribution in [0, 0.1) is 0 Å². The maximum atomic E-state index is 12.8. The van der Waals surface area contributed by atoms with Crippen LogP contribution in [0.2, 0.25) is 18.1 Å². The molecule has 1 fully saturated rings. The fraction of sp³-hybridized carbons (Fsp3) is 0.435. The molecule has 1 aliphatic carbocycles. The number of phenols is 1. The number of pyridine rings is 1. The minimum absolute atomic E-state index is 0.0132. The van der Waals surface area contributed by atoms with E-state index >= 15 is 0 Å². The zero-order chi connectivity index (χ0) is 43.4. The minimum Gasteiger partial charge on any atom is -0.506 e. The van der Waals surface area contributed by atoms with Crippen LogP contribution in [-0.2, 0) is 32.5 Å². The molecule has 7 rings (SSSR count). The number of aromatic amines is 1. The number of hydrogen-bond donors (Lipinski definition) is 4. The van der Waals surface area contributed by atoms with Crippen LogP contribution in [0.15, 0.2) is 92.9 Å². The zero-order valence-electron chi connectivity index (χ0n) is 35.8. The van der Waals surface area contributed by atoms with E-state index in [0.29, 0.717) is 52.5 Å². The number of rotatable bonds is 18. The van der Waals surface area contributed by atoms with Gasteiger partial charge in [0.15, 0.2) is 8.32 Å². The highest BCUT2D eigenvalue weighted by molar-refractivity contribution is 7.12. The summed E-state index contributed by atoms with van der Waals surface area (Å²) in [5, 5.41) is 33.5. The van der Waals surface area contributed by atoms with E-state index in [1.807, 2.05) is 53.2 Å². The lowest BCUT2D eigenvalue weighted by Gasteiger charge is -2.39. The number of benzene rings is 2. The van der Waals surface area contributed by atoms with E-state index in [9.17, 15) is 19.8 Å². The molecular formula is C46H57N5O7S2Si. The molecule has 1 aliphatic rings. The molecule has 1 saturated carbocycles. The lowest BCUT2D eigenvalue weighted by Crippen LogP contribution is -2.44. The number of nitrogens with one attached hydrogen (secondary N) is 2. The van der Waals surface area contributed by atoms with E-state index in [-0.39, 0.29) is 28.6 Å². The van der Waals surface area contributed by atoms with Gasteiger partial charge in [-0.05, 0) is 110 Å². The van der Waals surface area contributed by atoms with Gasteiger partial charge in [-0.25, -0.2) is 4.79 Å². The quantitative estimate of drug-likeness (QED) is 0.0609. The molecule has 0 aliphatic heterocycles. The number of hydrogen-bond acceptors (Lipinski definition) is 12. The summed E-state index contributed by atoms with van der Waals surface area (Å²) in [7, 11) is -0.0496. The summed E-state index contributed by atoms with van der Waals surface area (Å²) in [6, 6.07) is 22.8. The third-order valence-electron chi connectivity index (χ3n) is 12.4. The van der Waals surface area contributed by atoms with Gasteiger partial charge in [0, 0.05) is 42.6 Å². The number of aliphatic carboxylic acids is 1. The average molecular weight is 884 g/mol. The maximum absolute atomic E-state index is 12.8. The van der Waals surface area contributed by atoms with E-state index in [1.165, 1.54) is 28.7 Å². The van der Waals surface area contributed by atoms with Crippen molar-refractivity contribution in [2.45, 2.75) is 108 Å². The first-order valence-electron chi connectivity index (χ1n) is 21.0. The van der Waals surface area contributed by atoms with Crippen molar-refractivity contribution >= 4 is 47.9 Å². The summed E-state index contributed by atoms with van der Waals surface area (Å²) in [5.41, 5.74) is 1.55. The SMILES string of the molecule is CN(CCCc1nc(-c2ccc(CNC[C@H](O[Si](C)(C)C(C)(C)C)c3ccc(O)c4[nH]c(=O)ccc34)cc2)no1)C1CCC(OC(C(=O)O)(c2cccs2)c2cccs2)CC1. The molecule has 1 atom stereocenters. The normalized spacial score (nSPS) is 17.0. The number of carbonyl (C=O) groups is 1. The van der Waals surface area contributed by atoms with Gasteiger partial charge in [0.25, 0.3) is 0 Å².